The molecule has 28 heteroatoms. The average Bonchev–Trinajstić information content (AvgIpc) is 3.12. The molecule has 0 aliphatic rings. The number of hydrogen-bond donors (Lipinski definition) is 7. The molecule has 60 heavy (non-hydrogen) atoms. The molecule has 6 rings (SSSR count). The molecule has 0 atom stereocenters. The van der Waals surface area contributed by atoms with Crippen LogP contribution in [0.5, 0.6) is 0 Å². The number of hydrogen-bond acceptors (Lipinski definition) is 18. The van der Waals surface area contributed by atoms with E-state index < -0.39 is 94.8 Å². The number of aromatic nitrogens is 3. The van der Waals surface area contributed by atoms with E-state index in [-0.39, 0.29) is 33.7 Å². The van der Waals surface area contributed by atoms with Gasteiger partial charge in [0.15, 0.2) is 0 Å². The molecule has 0 aliphatic carbocycles. The van der Waals surface area contributed by atoms with E-state index in [0.29, 0.717) is 10.7 Å². The highest BCUT2D eigenvalue weighted by Crippen LogP contribution is 2.45. The number of nitrogens with zero attached hydrogens (tertiary/aromatic N) is 7. The molecule has 0 fully saturated rings. The van der Waals surface area contributed by atoms with E-state index in [2.05, 4.69) is 46.0 Å². The highest BCUT2D eigenvalue weighted by Gasteiger charge is 2.27. The van der Waals surface area contributed by atoms with Gasteiger partial charge in [-0.25, -0.2) is 0 Å². The van der Waals surface area contributed by atoms with Crippen LogP contribution in [0.2, 0.25) is 5.02 Å². The molecule has 1 aromatic heterocycles. The minimum atomic E-state index is -5.26. The molecule has 8 N–H and O–H groups in total. The lowest BCUT2D eigenvalue weighted by Crippen LogP contribution is -2.06. The van der Waals surface area contributed by atoms with Crippen LogP contribution in [0, 0.1) is 13.0 Å². The van der Waals surface area contributed by atoms with Gasteiger partial charge in [-0.2, -0.15) is 58.1 Å². The van der Waals surface area contributed by atoms with E-state index in [4.69, 9.17) is 17.3 Å². The lowest BCUT2D eigenvalue weighted by molar-refractivity contribution is 0.480. The van der Waals surface area contributed by atoms with Gasteiger partial charge in [0.1, 0.15) is 31.7 Å². The highest BCUT2D eigenvalue weighted by atomic mass is 35.5. The summed E-state index contributed by atoms with van der Waals surface area (Å²) < 4.78 is 152. The molecule has 0 saturated carbocycles. The molecule has 22 nitrogen and oxygen atoms in total. The topological polar surface area (TPSA) is 356 Å². The Hall–Kier alpha value is -6.17. The van der Waals surface area contributed by atoms with Crippen LogP contribution in [0.4, 0.5) is 56.1 Å². The lowest BCUT2D eigenvalue weighted by Gasteiger charge is -2.15. The van der Waals surface area contributed by atoms with Crippen molar-refractivity contribution >= 4 is 115 Å². The van der Waals surface area contributed by atoms with Gasteiger partial charge in [-0.1, -0.05) is 17.7 Å². The lowest BCUT2D eigenvalue weighted by atomic mass is 10.0. The van der Waals surface area contributed by atoms with Gasteiger partial charge < -0.3 is 16.4 Å². The fourth-order valence-electron chi connectivity index (χ4n) is 5.43. The summed E-state index contributed by atoms with van der Waals surface area (Å²) in [6.45, 7) is 1.20. The Morgan fingerprint density at radius 1 is 0.633 bits per heavy atom. The van der Waals surface area contributed by atoms with Crippen LogP contribution < -0.4 is 16.4 Å². The van der Waals surface area contributed by atoms with E-state index in [1.165, 1.54) is 13.0 Å². The van der Waals surface area contributed by atoms with Gasteiger partial charge in [0.05, 0.1) is 16.3 Å². The third-order valence-electron chi connectivity index (χ3n) is 7.98. The van der Waals surface area contributed by atoms with E-state index in [1.807, 2.05) is 0 Å². The van der Waals surface area contributed by atoms with Crippen molar-refractivity contribution in [2.24, 2.45) is 20.5 Å². The minimum absolute atomic E-state index is 0.0782. The zero-order chi connectivity index (χ0) is 43.9. The summed E-state index contributed by atoms with van der Waals surface area (Å²) in [6, 6.07) is 14.8. The first kappa shape index (κ1) is 43.4. The van der Waals surface area contributed by atoms with Crippen LogP contribution in [0.25, 0.3) is 10.8 Å². The predicted molar refractivity (Wildman–Crippen MR) is 211 cm³/mol. The third-order valence-corrected chi connectivity index (χ3v) is 11.7. The van der Waals surface area contributed by atoms with Crippen LogP contribution in [-0.2, 0) is 40.5 Å². The molecule has 6 aromatic rings. The molecule has 0 saturated heterocycles. The minimum Gasteiger partial charge on any atom is -0.396 e. The smallest absolute Gasteiger partial charge is 0.315 e. The second-order valence-corrected chi connectivity index (χ2v) is 18.1. The van der Waals surface area contributed by atoms with Crippen LogP contribution in [0.3, 0.4) is 0 Å². The molecule has 0 bridgehead atoms. The standard InChI is InChI=1S/C32H24ClFN10O12S4/c1-15-26-16(12-25(60(54,55)56)29(27(26)35)44-41-18-5-8-21(9-6-18)57(45,46)47)11-24(59(51,52)53)28(15)43-42-22-14-20(7-10-23(22)58(48,49)50)37-32-39-30(34)38-31(40-32)36-19-4-2-3-17(33)13-19/h2-14H,35H2,1H3,(H,45,46,47)(H,48,49,50)(H,51,52,53)(H,54,55,56)(H2,36,37,38,39,40)/b43-42+,44-41+. The van der Waals surface area contributed by atoms with Gasteiger partial charge >= 0.3 is 6.08 Å². The maximum atomic E-state index is 14.4. The van der Waals surface area contributed by atoms with Crippen LogP contribution in [0.15, 0.2) is 119 Å². The van der Waals surface area contributed by atoms with Crippen LogP contribution >= 0.6 is 11.6 Å². The Morgan fingerprint density at radius 2 is 1.18 bits per heavy atom. The molecular weight excluding hydrogens is 899 g/mol. The summed E-state index contributed by atoms with van der Waals surface area (Å²) in [5.74, 6) is -0.676. The highest BCUT2D eigenvalue weighted by molar-refractivity contribution is 7.86. The van der Waals surface area contributed by atoms with E-state index >= 15 is 0 Å². The number of azo groups is 2. The Balaban J connectivity index is 1.46. The fraction of sp³-hybridized carbons (Fsp3) is 0.0312. The van der Waals surface area contributed by atoms with Crippen LogP contribution in [0.1, 0.15) is 5.56 Å². The molecular formula is C32H24ClFN10O12S4. The third kappa shape index (κ3) is 9.81. The van der Waals surface area contributed by atoms with Crippen molar-refractivity contribution in [3.05, 3.63) is 95.5 Å². The summed E-state index contributed by atoms with van der Waals surface area (Å²) in [5, 5.41) is 20.6. The van der Waals surface area contributed by atoms with Crippen molar-refractivity contribution in [2.45, 2.75) is 26.5 Å². The zero-order valence-electron chi connectivity index (χ0n) is 29.7. The normalized spacial score (nSPS) is 12.7. The average molecular weight is 923 g/mol. The second-order valence-electron chi connectivity index (χ2n) is 12.1. The Labute approximate surface area is 343 Å². The number of nitrogens with two attached hydrogens (primary N) is 1. The SMILES string of the molecule is Cc1c(/N=N/c2cc(Nc3nc(F)nc(Nc4cccc(Cl)c4)n3)ccc2S(=O)(=O)O)c(S(=O)(=O)O)cc2cc(S(=O)(=O)O)c(/N=N/c3ccc(S(=O)(=O)O)cc3)c(N)c12. The van der Waals surface area contributed by atoms with E-state index in [9.17, 15) is 56.3 Å². The summed E-state index contributed by atoms with van der Waals surface area (Å²) >= 11 is 5.99. The molecule has 1 heterocycles. The van der Waals surface area contributed by atoms with Crippen molar-refractivity contribution in [2.75, 3.05) is 16.4 Å². The first-order valence-corrected chi connectivity index (χ1v) is 22.1. The predicted octanol–water partition coefficient (Wildman–Crippen LogP) is 7.01. The fourth-order valence-corrected chi connectivity index (χ4v) is 8.09. The Morgan fingerprint density at radius 3 is 1.73 bits per heavy atom. The maximum Gasteiger partial charge on any atom is 0.315 e. The molecule has 5 aromatic carbocycles. The van der Waals surface area contributed by atoms with Gasteiger partial charge in [-0.3, -0.25) is 18.2 Å². The van der Waals surface area contributed by atoms with Gasteiger partial charge in [0.25, 0.3) is 40.5 Å². The van der Waals surface area contributed by atoms with Gasteiger partial charge in [-0.15, -0.1) is 15.3 Å². The van der Waals surface area contributed by atoms with Crippen molar-refractivity contribution in [1.82, 2.24) is 15.0 Å². The van der Waals surface area contributed by atoms with Crippen molar-refractivity contribution < 1.29 is 56.3 Å². The quantitative estimate of drug-likeness (QED) is 0.0368. The van der Waals surface area contributed by atoms with Gasteiger partial charge in [-0.05, 0) is 90.7 Å². The number of halogens is 2. The van der Waals surface area contributed by atoms with Gasteiger partial charge in [0, 0.05) is 21.8 Å². The molecule has 0 amide bonds. The first-order chi connectivity index (χ1) is 27.9. The Kier molecular flexibility index (Phi) is 11.7. The number of fused-ring (bicyclic) bond motifs is 1. The summed E-state index contributed by atoms with van der Waals surface area (Å²) in [7, 11) is -20.1. The number of anilines is 5. The number of nitrogen functional groups attached to an aromatic ring is 1. The largest absolute Gasteiger partial charge is 0.396 e. The summed E-state index contributed by atoms with van der Waals surface area (Å²) in [4.78, 5) is 7.81. The number of rotatable bonds is 12. The number of benzene rings is 5. The van der Waals surface area contributed by atoms with E-state index in [1.54, 1.807) is 18.2 Å². The number of aryl methyl sites for hydroxylation is 1. The van der Waals surface area contributed by atoms with E-state index in [0.717, 1.165) is 54.6 Å². The first-order valence-electron chi connectivity index (χ1n) is 16.0. The monoisotopic (exact) mass is 922 g/mol. The van der Waals surface area contributed by atoms with Crippen LogP contribution in [-0.4, -0.2) is 66.8 Å². The molecule has 0 unspecified atom stereocenters. The van der Waals surface area contributed by atoms with Crippen molar-refractivity contribution in [3.63, 3.8) is 0 Å². The van der Waals surface area contributed by atoms with Crippen molar-refractivity contribution in [1.29, 1.82) is 0 Å². The molecule has 0 spiro atoms. The summed E-state index contributed by atoms with van der Waals surface area (Å²) in [5.41, 5.74) is 3.75. The molecule has 0 aliphatic heterocycles. The Bertz CT molecular complexity index is 3270. The van der Waals surface area contributed by atoms with Crippen molar-refractivity contribution in [3.8, 4) is 0 Å². The zero-order valence-corrected chi connectivity index (χ0v) is 33.7. The molecule has 312 valence electrons. The molecule has 0 radical (unpaired) electrons. The number of nitrogens with one attached hydrogen (secondary N) is 2. The maximum absolute atomic E-state index is 14.4. The summed E-state index contributed by atoms with van der Waals surface area (Å²) in [6.07, 6.45) is -1.24. The van der Waals surface area contributed by atoms with Gasteiger partial charge in [0.2, 0.25) is 11.9 Å². The second kappa shape index (κ2) is 16.1.